The van der Waals surface area contributed by atoms with Gasteiger partial charge in [-0.25, -0.2) is 0 Å². The number of piperidine rings is 1. The summed E-state index contributed by atoms with van der Waals surface area (Å²) >= 11 is 0. The SMILES string of the molecule is CN=C(NCCc1noc(-c2ccccn2)n1)NCc1ccc(CN2CCCCC2)cc1.I. The number of hydrogen-bond acceptors (Lipinski definition) is 6. The zero-order chi connectivity index (χ0) is 22.0. The van der Waals surface area contributed by atoms with E-state index in [-0.39, 0.29) is 24.0 Å². The average molecular weight is 561 g/mol. The fraction of sp³-hybridized carbons (Fsp3) is 0.417. The lowest BCUT2D eigenvalue weighted by atomic mass is 10.1. The van der Waals surface area contributed by atoms with Gasteiger partial charge in [-0.2, -0.15) is 4.98 Å². The third-order valence-electron chi connectivity index (χ3n) is 5.55. The normalized spacial score (nSPS) is 14.5. The van der Waals surface area contributed by atoms with E-state index in [1.807, 2.05) is 18.2 Å². The largest absolute Gasteiger partial charge is 0.356 e. The number of likely N-dealkylation sites (tertiary alicyclic amines) is 1. The van der Waals surface area contributed by atoms with Crippen LogP contribution in [-0.2, 0) is 19.5 Å². The molecule has 1 aliphatic rings. The predicted octanol–water partition coefficient (Wildman–Crippen LogP) is 3.64. The van der Waals surface area contributed by atoms with Crippen LogP contribution >= 0.6 is 24.0 Å². The van der Waals surface area contributed by atoms with Crippen LogP contribution in [0.3, 0.4) is 0 Å². The Balaban J connectivity index is 0.00000306. The summed E-state index contributed by atoms with van der Waals surface area (Å²) in [5.41, 5.74) is 3.29. The zero-order valence-corrected chi connectivity index (χ0v) is 21.4. The Hall–Kier alpha value is -2.53. The van der Waals surface area contributed by atoms with E-state index in [9.17, 15) is 0 Å². The first-order chi connectivity index (χ1) is 15.8. The molecular weight excluding hydrogens is 529 g/mol. The number of guanidine groups is 1. The molecule has 4 rings (SSSR count). The third kappa shape index (κ3) is 7.78. The van der Waals surface area contributed by atoms with Crippen LogP contribution < -0.4 is 10.6 Å². The number of nitrogens with one attached hydrogen (secondary N) is 2. The van der Waals surface area contributed by atoms with Crippen molar-refractivity contribution in [3.05, 3.63) is 65.6 Å². The van der Waals surface area contributed by atoms with Gasteiger partial charge in [0.25, 0.3) is 5.89 Å². The van der Waals surface area contributed by atoms with Crippen LogP contribution in [0.15, 0.2) is 58.2 Å². The summed E-state index contributed by atoms with van der Waals surface area (Å²) in [5, 5.41) is 10.7. The van der Waals surface area contributed by atoms with Crippen molar-refractivity contribution in [2.45, 2.75) is 38.8 Å². The zero-order valence-electron chi connectivity index (χ0n) is 19.0. The van der Waals surface area contributed by atoms with Gasteiger partial charge in [-0.3, -0.25) is 14.9 Å². The Morgan fingerprint density at radius 1 is 1.03 bits per heavy atom. The van der Waals surface area contributed by atoms with Crippen LogP contribution in [-0.4, -0.2) is 52.7 Å². The fourth-order valence-corrected chi connectivity index (χ4v) is 3.79. The molecule has 0 bridgehead atoms. The van der Waals surface area contributed by atoms with Crippen LogP contribution in [0.2, 0.25) is 0 Å². The highest BCUT2D eigenvalue weighted by atomic mass is 127. The Morgan fingerprint density at radius 3 is 2.55 bits per heavy atom. The molecule has 1 fully saturated rings. The van der Waals surface area contributed by atoms with E-state index >= 15 is 0 Å². The lowest BCUT2D eigenvalue weighted by molar-refractivity contribution is 0.221. The van der Waals surface area contributed by atoms with E-state index in [1.54, 1.807) is 13.2 Å². The summed E-state index contributed by atoms with van der Waals surface area (Å²) in [4.78, 5) is 15.5. The molecule has 9 heteroatoms. The maximum absolute atomic E-state index is 5.30. The van der Waals surface area contributed by atoms with E-state index in [4.69, 9.17) is 4.52 Å². The molecule has 1 aliphatic heterocycles. The third-order valence-corrected chi connectivity index (χ3v) is 5.55. The molecule has 1 saturated heterocycles. The maximum Gasteiger partial charge on any atom is 0.276 e. The number of rotatable bonds is 8. The van der Waals surface area contributed by atoms with Gasteiger partial charge in [0.1, 0.15) is 5.69 Å². The van der Waals surface area contributed by atoms with Gasteiger partial charge in [0, 0.05) is 39.3 Å². The van der Waals surface area contributed by atoms with Crippen molar-refractivity contribution < 1.29 is 4.52 Å². The quantitative estimate of drug-likeness (QED) is 0.247. The van der Waals surface area contributed by atoms with Crippen molar-refractivity contribution in [2.75, 3.05) is 26.7 Å². The van der Waals surface area contributed by atoms with Gasteiger partial charge < -0.3 is 15.2 Å². The molecule has 3 aromatic rings. The van der Waals surface area contributed by atoms with E-state index in [0.29, 0.717) is 30.4 Å². The van der Waals surface area contributed by atoms with Crippen molar-refractivity contribution >= 4 is 29.9 Å². The standard InChI is InChI=1S/C24H31N7O.HI/c1-25-24(27-14-12-22-29-23(32-30-22)21-7-3-4-13-26-21)28-17-19-8-10-20(11-9-19)18-31-15-5-2-6-16-31;/h3-4,7-11,13H,2,5-6,12,14-18H2,1H3,(H2,25,27,28);1H. The lowest BCUT2D eigenvalue weighted by Crippen LogP contribution is -2.37. The Morgan fingerprint density at radius 2 is 1.82 bits per heavy atom. The van der Waals surface area contributed by atoms with E-state index in [0.717, 1.165) is 19.0 Å². The van der Waals surface area contributed by atoms with Crippen LogP contribution in [0.25, 0.3) is 11.6 Å². The van der Waals surface area contributed by atoms with Crippen LogP contribution in [0.5, 0.6) is 0 Å². The highest BCUT2D eigenvalue weighted by Crippen LogP contribution is 2.14. The molecule has 33 heavy (non-hydrogen) atoms. The van der Waals surface area contributed by atoms with Crippen molar-refractivity contribution in [3.63, 3.8) is 0 Å². The molecule has 0 spiro atoms. The highest BCUT2D eigenvalue weighted by Gasteiger charge is 2.11. The first-order valence-corrected chi connectivity index (χ1v) is 11.3. The number of pyridine rings is 1. The summed E-state index contributed by atoms with van der Waals surface area (Å²) in [5.74, 6) is 1.82. The predicted molar refractivity (Wildman–Crippen MR) is 140 cm³/mol. The van der Waals surface area contributed by atoms with Gasteiger partial charge in [-0.05, 0) is 49.2 Å². The average Bonchev–Trinajstić information content (AvgIpc) is 3.32. The molecule has 0 atom stereocenters. The maximum atomic E-state index is 5.30. The van der Waals surface area contributed by atoms with Gasteiger partial charge in [0.15, 0.2) is 11.8 Å². The molecular formula is C24H32IN7O. The topological polar surface area (TPSA) is 91.5 Å². The molecule has 0 amide bonds. The number of benzene rings is 1. The van der Waals surface area contributed by atoms with Crippen molar-refractivity contribution in [3.8, 4) is 11.6 Å². The Kier molecular flexibility index (Phi) is 10.1. The second-order valence-electron chi connectivity index (χ2n) is 7.99. The smallest absolute Gasteiger partial charge is 0.276 e. The molecule has 176 valence electrons. The Labute approximate surface area is 212 Å². The van der Waals surface area contributed by atoms with Gasteiger partial charge >= 0.3 is 0 Å². The number of halogens is 1. The van der Waals surface area contributed by atoms with Crippen LogP contribution in [0, 0.1) is 0 Å². The molecule has 0 saturated carbocycles. The first kappa shape index (κ1) is 25.1. The van der Waals surface area contributed by atoms with Crippen molar-refractivity contribution in [2.24, 2.45) is 4.99 Å². The highest BCUT2D eigenvalue weighted by molar-refractivity contribution is 14.0. The van der Waals surface area contributed by atoms with Gasteiger partial charge in [0.05, 0.1) is 0 Å². The molecule has 0 aliphatic carbocycles. The molecule has 3 heterocycles. The minimum atomic E-state index is 0. The van der Waals surface area contributed by atoms with Gasteiger partial charge in [0.2, 0.25) is 0 Å². The summed E-state index contributed by atoms with van der Waals surface area (Å²) in [6, 6.07) is 14.4. The number of hydrogen-bond donors (Lipinski definition) is 2. The van der Waals surface area contributed by atoms with E-state index in [1.165, 1.54) is 43.5 Å². The van der Waals surface area contributed by atoms with Crippen LogP contribution in [0.1, 0.15) is 36.2 Å². The summed E-state index contributed by atoms with van der Waals surface area (Å²) < 4.78 is 5.30. The minimum absolute atomic E-state index is 0. The second-order valence-corrected chi connectivity index (χ2v) is 7.99. The summed E-state index contributed by atoms with van der Waals surface area (Å²) in [7, 11) is 1.77. The molecule has 0 radical (unpaired) electrons. The summed E-state index contributed by atoms with van der Waals surface area (Å²) in [6.45, 7) is 4.86. The van der Waals surface area contributed by atoms with E-state index < -0.39 is 0 Å². The van der Waals surface area contributed by atoms with Gasteiger partial charge in [-0.1, -0.05) is 41.9 Å². The molecule has 1 aromatic carbocycles. The second kappa shape index (κ2) is 13.2. The molecule has 8 nitrogen and oxygen atoms in total. The molecule has 2 aromatic heterocycles. The fourth-order valence-electron chi connectivity index (χ4n) is 3.79. The Bertz CT molecular complexity index is 986. The molecule has 0 unspecified atom stereocenters. The first-order valence-electron chi connectivity index (χ1n) is 11.3. The van der Waals surface area contributed by atoms with Crippen molar-refractivity contribution in [1.82, 2.24) is 30.7 Å². The van der Waals surface area contributed by atoms with Crippen molar-refractivity contribution in [1.29, 1.82) is 0 Å². The minimum Gasteiger partial charge on any atom is -0.356 e. The monoisotopic (exact) mass is 561 g/mol. The summed E-state index contributed by atoms with van der Waals surface area (Å²) in [6.07, 6.45) is 6.36. The number of aliphatic imine (C=N–C) groups is 1. The number of nitrogens with zero attached hydrogens (tertiary/aromatic N) is 5. The lowest BCUT2D eigenvalue weighted by Gasteiger charge is -2.26. The van der Waals surface area contributed by atoms with Gasteiger partial charge in [-0.15, -0.1) is 24.0 Å². The number of aromatic nitrogens is 3. The molecule has 2 N–H and O–H groups in total. The van der Waals surface area contributed by atoms with E-state index in [2.05, 4.69) is 59.9 Å². The van der Waals surface area contributed by atoms with Crippen LogP contribution in [0.4, 0.5) is 0 Å².